The van der Waals surface area contributed by atoms with Crippen molar-refractivity contribution in [2.75, 3.05) is 13.7 Å². The molecule has 0 saturated heterocycles. The summed E-state index contributed by atoms with van der Waals surface area (Å²) in [6.45, 7) is 1.14. The second-order valence-corrected chi connectivity index (χ2v) is 3.75. The molecule has 3 N–H and O–H groups in total. The number of hydrogen-bond donors (Lipinski definition) is 3. The minimum Gasteiger partial charge on any atom is -0.394 e. The van der Waals surface area contributed by atoms with Gasteiger partial charge in [-0.1, -0.05) is 0 Å². The minimum absolute atomic E-state index is 0.0600. The maximum Gasteiger partial charge on any atom is 0.328 e. The molecule has 0 aliphatic carbocycles. The highest BCUT2D eigenvalue weighted by Crippen LogP contribution is 2.00. The lowest BCUT2D eigenvalue weighted by Crippen LogP contribution is -2.39. The quantitative estimate of drug-likeness (QED) is 0.567. The van der Waals surface area contributed by atoms with Crippen molar-refractivity contribution in [3.8, 4) is 0 Å². The highest BCUT2D eigenvalue weighted by atomic mass is 16.5. The average Bonchev–Trinajstić information content (AvgIpc) is 2.27. The average molecular weight is 244 g/mol. The van der Waals surface area contributed by atoms with Gasteiger partial charge in [-0.05, 0) is 6.92 Å². The highest BCUT2D eigenvalue weighted by molar-refractivity contribution is 5.00. The monoisotopic (exact) mass is 244 g/mol. The first kappa shape index (κ1) is 13.6. The number of aryl methyl sites for hydroxylation is 1. The van der Waals surface area contributed by atoms with E-state index >= 15 is 0 Å². The second-order valence-electron chi connectivity index (χ2n) is 3.75. The molecule has 0 spiro atoms. The van der Waals surface area contributed by atoms with Crippen LogP contribution in [0.1, 0.15) is 5.56 Å². The zero-order valence-electron chi connectivity index (χ0n) is 9.71. The first-order chi connectivity index (χ1) is 7.99. The molecule has 0 aliphatic rings. The van der Waals surface area contributed by atoms with E-state index < -0.39 is 23.5 Å². The number of aromatic amines is 1. The van der Waals surface area contributed by atoms with Gasteiger partial charge in [0.25, 0.3) is 5.56 Å². The summed E-state index contributed by atoms with van der Waals surface area (Å²) in [6, 6.07) is 0. The molecule has 1 rings (SSSR count). The van der Waals surface area contributed by atoms with Crippen LogP contribution in [0.15, 0.2) is 15.8 Å². The number of methoxy groups -OCH3 is 1. The first-order valence-corrected chi connectivity index (χ1v) is 5.11. The van der Waals surface area contributed by atoms with Gasteiger partial charge in [-0.25, -0.2) is 4.79 Å². The third-order valence-electron chi connectivity index (χ3n) is 2.48. The fourth-order valence-corrected chi connectivity index (χ4v) is 1.43. The van der Waals surface area contributed by atoms with Gasteiger partial charge in [0.1, 0.15) is 12.2 Å². The van der Waals surface area contributed by atoms with E-state index in [1.54, 1.807) is 6.92 Å². The normalized spacial score (nSPS) is 14.6. The smallest absolute Gasteiger partial charge is 0.328 e. The van der Waals surface area contributed by atoms with E-state index in [4.69, 9.17) is 9.84 Å². The van der Waals surface area contributed by atoms with Gasteiger partial charge in [-0.15, -0.1) is 0 Å². The Balaban J connectivity index is 2.92. The van der Waals surface area contributed by atoms with Gasteiger partial charge < -0.3 is 14.9 Å². The molecular formula is C10H16N2O5. The van der Waals surface area contributed by atoms with Crippen LogP contribution >= 0.6 is 0 Å². The molecule has 0 saturated carbocycles. The molecule has 2 unspecified atom stereocenters. The van der Waals surface area contributed by atoms with Gasteiger partial charge in [0.15, 0.2) is 0 Å². The molecule has 1 heterocycles. The summed E-state index contributed by atoms with van der Waals surface area (Å²) >= 11 is 0. The molecule has 0 aromatic carbocycles. The predicted molar refractivity (Wildman–Crippen MR) is 59.9 cm³/mol. The molecule has 0 bridgehead atoms. The van der Waals surface area contributed by atoms with Crippen molar-refractivity contribution in [1.29, 1.82) is 0 Å². The van der Waals surface area contributed by atoms with Crippen LogP contribution in [-0.2, 0) is 11.3 Å². The van der Waals surface area contributed by atoms with Crippen molar-refractivity contribution < 1.29 is 14.9 Å². The van der Waals surface area contributed by atoms with E-state index in [9.17, 15) is 14.7 Å². The molecule has 1 aromatic heterocycles. The largest absolute Gasteiger partial charge is 0.394 e. The number of ether oxygens (including phenoxy) is 1. The highest BCUT2D eigenvalue weighted by Gasteiger charge is 2.18. The standard InChI is InChI=1S/C10H16N2O5/c1-6-3-12(10(16)11-9(6)15)4-7(14)8(5-13)17-2/h3,7-8,13-14H,4-5H2,1-2H3,(H,11,15,16). The van der Waals surface area contributed by atoms with Crippen LogP contribution < -0.4 is 11.2 Å². The van der Waals surface area contributed by atoms with E-state index in [1.807, 2.05) is 0 Å². The van der Waals surface area contributed by atoms with Gasteiger partial charge in [0.05, 0.1) is 13.2 Å². The summed E-state index contributed by atoms with van der Waals surface area (Å²) in [4.78, 5) is 24.7. The molecule has 96 valence electrons. The fraction of sp³-hybridized carbons (Fsp3) is 0.600. The van der Waals surface area contributed by atoms with Crippen molar-refractivity contribution in [3.63, 3.8) is 0 Å². The maximum absolute atomic E-state index is 11.4. The first-order valence-electron chi connectivity index (χ1n) is 5.11. The SMILES string of the molecule is COC(CO)C(O)Cn1cc(C)c(=O)[nH]c1=O. The Morgan fingerprint density at radius 2 is 2.18 bits per heavy atom. The second kappa shape index (κ2) is 5.76. The van der Waals surface area contributed by atoms with Crippen LogP contribution in [0.2, 0.25) is 0 Å². The van der Waals surface area contributed by atoms with Crippen molar-refractivity contribution >= 4 is 0 Å². The lowest BCUT2D eigenvalue weighted by Gasteiger charge is -2.20. The Morgan fingerprint density at radius 1 is 1.53 bits per heavy atom. The van der Waals surface area contributed by atoms with E-state index in [-0.39, 0.29) is 13.2 Å². The third kappa shape index (κ3) is 3.26. The van der Waals surface area contributed by atoms with E-state index in [1.165, 1.54) is 17.9 Å². The molecule has 0 aliphatic heterocycles. The summed E-state index contributed by atoms with van der Waals surface area (Å²) in [5, 5.41) is 18.6. The number of nitrogens with one attached hydrogen (secondary N) is 1. The molecule has 0 fully saturated rings. The van der Waals surface area contributed by atoms with Crippen LogP contribution in [0, 0.1) is 6.92 Å². The molecule has 17 heavy (non-hydrogen) atoms. The third-order valence-corrected chi connectivity index (χ3v) is 2.48. The van der Waals surface area contributed by atoms with Crippen LogP contribution in [-0.4, -0.2) is 45.7 Å². The summed E-state index contributed by atoms with van der Waals surface area (Å²) in [5.41, 5.74) is -0.687. The molecule has 0 amide bonds. The van der Waals surface area contributed by atoms with Gasteiger partial charge in [-0.2, -0.15) is 0 Å². The van der Waals surface area contributed by atoms with Gasteiger partial charge in [0, 0.05) is 18.9 Å². The van der Waals surface area contributed by atoms with Crippen LogP contribution in [0.4, 0.5) is 0 Å². The molecule has 2 atom stereocenters. The minimum atomic E-state index is -1.03. The number of aliphatic hydroxyl groups is 2. The van der Waals surface area contributed by atoms with Crippen LogP contribution in [0.5, 0.6) is 0 Å². The van der Waals surface area contributed by atoms with E-state index in [0.29, 0.717) is 5.56 Å². The predicted octanol–water partition coefficient (Wildman–Crippen LogP) is -1.79. The maximum atomic E-state index is 11.4. The Morgan fingerprint density at radius 3 is 2.71 bits per heavy atom. The van der Waals surface area contributed by atoms with Crippen molar-refractivity contribution in [2.45, 2.75) is 25.7 Å². The lowest BCUT2D eigenvalue weighted by molar-refractivity contribution is -0.0475. The summed E-state index contributed by atoms with van der Waals surface area (Å²) in [5.74, 6) is 0. The topological polar surface area (TPSA) is 105 Å². The van der Waals surface area contributed by atoms with Crippen LogP contribution in [0.25, 0.3) is 0 Å². The van der Waals surface area contributed by atoms with Gasteiger partial charge in [0.2, 0.25) is 0 Å². The van der Waals surface area contributed by atoms with E-state index in [2.05, 4.69) is 4.98 Å². The fourth-order valence-electron chi connectivity index (χ4n) is 1.43. The van der Waals surface area contributed by atoms with Crippen molar-refractivity contribution in [3.05, 3.63) is 32.6 Å². The number of H-pyrrole nitrogens is 1. The Labute approximate surface area is 97.3 Å². The number of hydrogen-bond acceptors (Lipinski definition) is 5. The van der Waals surface area contributed by atoms with Crippen LogP contribution in [0.3, 0.4) is 0 Å². The Kier molecular flexibility index (Phi) is 4.62. The summed E-state index contributed by atoms with van der Waals surface area (Å²) < 4.78 is 6.01. The van der Waals surface area contributed by atoms with Crippen molar-refractivity contribution in [1.82, 2.24) is 9.55 Å². The lowest BCUT2D eigenvalue weighted by atomic mass is 10.2. The Hall–Kier alpha value is -1.44. The molecule has 1 aromatic rings. The zero-order valence-corrected chi connectivity index (χ0v) is 9.71. The van der Waals surface area contributed by atoms with E-state index in [0.717, 1.165) is 0 Å². The summed E-state index contributed by atoms with van der Waals surface area (Å²) in [6.07, 6.45) is -0.448. The molecule has 0 radical (unpaired) electrons. The number of nitrogens with zero attached hydrogens (tertiary/aromatic N) is 1. The number of aliphatic hydroxyl groups excluding tert-OH is 2. The Bertz CT molecular complexity index is 474. The van der Waals surface area contributed by atoms with Crippen molar-refractivity contribution in [2.24, 2.45) is 0 Å². The summed E-state index contributed by atoms with van der Waals surface area (Å²) in [7, 11) is 1.35. The molecule has 7 nitrogen and oxygen atoms in total. The van der Waals surface area contributed by atoms with Gasteiger partial charge >= 0.3 is 5.69 Å². The molecule has 7 heteroatoms. The number of rotatable bonds is 5. The number of aromatic nitrogens is 2. The molecular weight excluding hydrogens is 228 g/mol. The van der Waals surface area contributed by atoms with Gasteiger partial charge in [-0.3, -0.25) is 14.3 Å². The zero-order chi connectivity index (χ0) is 13.0.